The first-order valence-electron chi connectivity index (χ1n) is 7.34. The van der Waals surface area contributed by atoms with Crippen molar-refractivity contribution >= 4 is 11.9 Å². The highest BCUT2D eigenvalue weighted by Gasteiger charge is 2.21. The van der Waals surface area contributed by atoms with Crippen molar-refractivity contribution in [2.45, 2.75) is 26.7 Å². The van der Waals surface area contributed by atoms with Crippen LogP contribution in [0.15, 0.2) is 12.1 Å². The molecule has 0 aliphatic carbocycles. The molecule has 5 heteroatoms. The first-order chi connectivity index (χ1) is 10.0. The summed E-state index contributed by atoms with van der Waals surface area (Å²) in [6.45, 7) is 7.01. The Morgan fingerprint density at radius 3 is 2.29 bits per heavy atom. The lowest BCUT2D eigenvalue weighted by Crippen LogP contribution is -2.34. The number of amides is 1. The third kappa shape index (κ3) is 3.61. The number of likely N-dealkylation sites (tertiary alicyclic amines) is 1. The summed E-state index contributed by atoms with van der Waals surface area (Å²) in [6.07, 6.45) is 2.43. The highest BCUT2D eigenvalue weighted by Crippen LogP contribution is 2.18. The zero-order valence-electron chi connectivity index (χ0n) is 12.6. The summed E-state index contributed by atoms with van der Waals surface area (Å²) in [4.78, 5) is 26.0. The van der Waals surface area contributed by atoms with Gasteiger partial charge >= 0.3 is 5.97 Å². The molecular weight excluding hydrogens is 268 g/mol. The predicted octanol–water partition coefficient (Wildman–Crippen LogP) is 1.83. The summed E-state index contributed by atoms with van der Waals surface area (Å²) in [7, 11) is 0. The average Bonchev–Trinajstić information content (AvgIpc) is 2.93. The van der Waals surface area contributed by atoms with Gasteiger partial charge in [-0.2, -0.15) is 0 Å². The third-order valence-corrected chi connectivity index (χ3v) is 3.98. The van der Waals surface area contributed by atoms with Crippen LogP contribution >= 0.6 is 0 Å². The van der Waals surface area contributed by atoms with Crippen molar-refractivity contribution in [2.24, 2.45) is 0 Å². The molecule has 1 amide bonds. The zero-order valence-corrected chi connectivity index (χ0v) is 12.6. The Labute approximate surface area is 125 Å². The number of carboxylic acid groups (broad SMARTS) is 1. The lowest BCUT2D eigenvalue weighted by molar-refractivity contribution is 0.0690. The Balaban J connectivity index is 2.07. The first kappa shape index (κ1) is 15.5. The lowest BCUT2D eigenvalue weighted by Gasteiger charge is -2.16. The summed E-state index contributed by atoms with van der Waals surface area (Å²) in [5.41, 5.74) is 1.69. The fourth-order valence-corrected chi connectivity index (χ4v) is 2.80. The van der Waals surface area contributed by atoms with Crippen molar-refractivity contribution in [1.29, 1.82) is 0 Å². The van der Waals surface area contributed by atoms with Crippen molar-refractivity contribution in [2.75, 3.05) is 26.2 Å². The molecule has 0 unspecified atom stereocenters. The first-order valence-corrected chi connectivity index (χ1v) is 7.34. The Hall–Kier alpha value is -1.88. The number of carboxylic acids is 1. The van der Waals surface area contributed by atoms with Crippen LogP contribution in [0.4, 0.5) is 0 Å². The number of aryl methyl sites for hydroxylation is 2. The van der Waals surface area contributed by atoms with E-state index >= 15 is 0 Å². The van der Waals surface area contributed by atoms with Crippen molar-refractivity contribution in [1.82, 2.24) is 10.2 Å². The Morgan fingerprint density at radius 1 is 1.14 bits per heavy atom. The van der Waals surface area contributed by atoms with Gasteiger partial charge in [0.2, 0.25) is 0 Å². The van der Waals surface area contributed by atoms with Crippen LogP contribution in [0.3, 0.4) is 0 Å². The molecular formula is C16H22N2O3. The second kappa shape index (κ2) is 6.72. The summed E-state index contributed by atoms with van der Waals surface area (Å²) in [5, 5.41) is 12.2. The maximum absolute atomic E-state index is 12.3. The second-order valence-corrected chi connectivity index (χ2v) is 5.56. The van der Waals surface area contributed by atoms with Crippen LogP contribution in [0.25, 0.3) is 0 Å². The minimum Gasteiger partial charge on any atom is -0.478 e. The summed E-state index contributed by atoms with van der Waals surface area (Å²) in [5.74, 6) is -1.35. The van der Waals surface area contributed by atoms with Gasteiger partial charge in [-0.3, -0.25) is 4.79 Å². The molecule has 114 valence electrons. The van der Waals surface area contributed by atoms with Crippen LogP contribution in [-0.4, -0.2) is 48.1 Å². The van der Waals surface area contributed by atoms with Crippen LogP contribution in [0.5, 0.6) is 0 Å². The molecule has 0 radical (unpaired) electrons. The molecule has 1 aliphatic rings. The maximum atomic E-state index is 12.3. The van der Waals surface area contributed by atoms with E-state index in [1.807, 2.05) is 0 Å². The highest BCUT2D eigenvalue weighted by atomic mass is 16.4. The lowest BCUT2D eigenvalue weighted by atomic mass is 9.96. The molecule has 1 heterocycles. The molecule has 5 nitrogen and oxygen atoms in total. The van der Waals surface area contributed by atoms with Gasteiger partial charge in [0.05, 0.1) is 11.1 Å². The average molecular weight is 290 g/mol. The van der Waals surface area contributed by atoms with Gasteiger partial charge in [-0.05, 0) is 50.9 Å². The Morgan fingerprint density at radius 2 is 1.71 bits per heavy atom. The molecule has 2 rings (SSSR count). The van der Waals surface area contributed by atoms with E-state index in [1.54, 1.807) is 26.0 Å². The molecule has 21 heavy (non-hydrogen) atoms. The predicted molar refractivity (Wildman–Crippen MR) is 80.9 cm³/mol. The fraction of sp³-hybridized carbons (Fsp3) is 0.500. The molecule has 2 N–H and O–H groups in total. The maximum Gasteiger partial charge on any atom is 0.336 e. The van der Waals surface area contributed by atoms with Crippen molar-refractivity contribution in [3.05, 3.63) is 34.4 Å². The number of hydrogen-bond donors (Lipinski definition) is 2. The molecule has 0 aromatic heterocycles. The number of carbonyl (C=O) groups excluding carboxylic acids is 1. The second-order valence-electron chi connectivity index (χ2n) is 5.56. The van der Waals surface area contributed by atoms with Gasteiger partial charge in [0.15, 0.2) is 0 Å². The van der Waals surface area contributed by atoms with E-state index in [9.17, 15) is 14.7 Å². The van der Waals surface area contributed by atoms with Gasteiger partial charge in [0.1, 0.15) is 0 Å². The molecule has 0 bridgehead atoms. The molecule has 0 spiro atoms. The Kier molecular flexibility index (Phi) is 4.96. The van der Waals surface area contributed by atoms with Crippen LogP contribution < -0.4 is 5.32 Å². The summed E-state index contributed by atoms with van der Waals surface area (Å²) in [6, 6.07) is 3.52. The minimum atomic E-state index is -1.05. The van der Waals surface area contributed by atoms with Gasteiger partial charge in [-0.25, -0.2) is 4.79 Å². The van der Waals surface area contributed by atoms with E-state index in [4.69, 9.17) is 0 Å². The van der Waals surface area contributed by atoms with Crippen LogP contribution in [-0.2, 0) is 0 Å². The van der Waals surface area contributed by atoms with E-state index < -0.39 is 5.97 Å². The monoisotopic (exact) mass is 290 g/mol. The Bertz CT molecular complexity index is 549. The third-order valence-electron chi connectivity index (χ3n) is 3.98. The number of rotatable bonds is 5. The fourth-order valence-electron chi connectivity index (χ4n) is 2.80. The standard InChI is InChI=1S/C16H22N2O3/c1-11-5-6-12(2)14(16(20)21)13(11)15(19)17-7-10-18-8-3-4-9-18/h5-6H,3-4,7-10H2,1-2H3,(H,17,19)(H,20,21). The van der Waals surface area contributed by atoms with Gasteiger partial charge in [0.25, 0.3) is 5.91 Å². The molecule has 1 fully saturated rings. The smallest absolute Gasteiger partial charge is 0.336 e. The van der Waals surface area contributed by atoms with E-state index in [0.29, 0.717) is 17.7 Å². The SMILES string of the molecule is Cc1ccc(C)c(C(=O)NCCN2CCCC2)c1C(=O)O. The largest absolute Gasteiger partial charge is 0.478 e. The van der Waals surface area contributed by atoms with Gasteiger partial charge < -0.3 is 15.3 Å². The zero-order chi connectivity index (χ0) is 15.4. The van der Waals surface area contributed by atoms with E-state index in [1.165, 1.54) is 12.8 Å². The van der Waals surface area contributed by atoms with E-state index in [0.717, 1.165) is 19.6 Å². The van der Waals surface area contributed by atoms with Crippen molar-refractivity contribution < 1.29 is 14.7 Å². The van der Waals surface area contributed by atoms with Crippen molar-refractivity contribution in [3.63, 3.8) is 0 Å². The summed E-state index contributed by atoms with van der Waals surface area (Å²) >= 11 is 0. The quantitative estimate of drug-likeness (QED) is 0.868. The van der Waals surface area contributed by atoms with E-state index in [-0.39, 0.29) is 17.0 Å². The molecule has 1 aromatic rings. The molecule has 1 saturated heterocycles. The number of aromatic carboxylic acids is 1. The number of carbonyl (C=O) groups is 2. The van der Waals surface area contributed by atoms with Crippen molar-refractivity contribution in [3.8, 4) is 0 Å². The molecule has 0 atom stereocenters. The number of nitrogens with one attached hydrogen (secondary N) is 1. The van der Waals surface area contributed by atoms with Gasteiger partial charge in [0, 0.05) is 13.1 Å². The van der Waals surface area contributed by atoms with Gasteiger partial charge in [-0.15, -0.1) is 0 Å². The molecule has 1 aromatic carbocycles. The van der Waals surface area contributed by atoms with Crippen LogP contribution in [0.2, 0.25) is 0 Å². The molecule has 1 aliphatic heterocycles. The number of nitrogens with zero attached hydrogens (tertiary/aromatic N) is 1. The topological polar surface area (TPSA) is 69.6 Å². The van der Waals surface area contributed by atoms with Crippen LogP contribution in [0, 0.1) is 13.8 Å². The number of benzene rings is 1. The van der Waals surface area contributed by atoms with E-state index in [2.05, 4.69) is 10.2 Å². The normalized spacial score (nSPS) is 15.1. The highest BCUT2D eigenvalue weighted by molar-refractivity contribution is 6.06. The van der Waals surface area contributed by atoms with Gasteiger partial charge in [-0.1, -0.05) is 12.1 Å². The minimum absolute atomic E-state index is 0.105. The number of hydrogen-bond acceptors (Lipinski definition) is 3. The molecule has 0 saturated carbocycles. The summed E-state index contributed by atoms with van der Waals surface area (Å²) < 4.78 is 0. The van der Waals surface area contributed by atoms with Crippen LogP contribution in [0.1, 0.15) is 44.7 Å².